The van der Waals surface area contributed by atoms with Crippen LogP contribution in [0.1, 0.15) is 273 Å². The maximum Gasteiger partial charge on any atom is 1.00 e. The molecule has 0 radical (unpaired) electrons. The molecule has 80 heavy (non-hydrogen) atoms. The first-order chi connectivity index (χ1) is 37.8. The predicted molar refractivity (Wildman–Crippen MR) is 312 cm³/mol. The Labute approximate surface area is 510 Å². The number of unbranched alkanes of at least 4 members (excludes halogenated alkanes) is 28. The second-order valence-electron chi connectivity index (χ2n) is 22.9. The number of imide groups is 1. The number of phosphoric ester groups is 1. The van der Waals surface area contributed by atoms with Crippen molar-refractivity contribution in [3.63, 3.8) is 0 Å². The van der Waals surface area contributed by atoms with Crippen LogP contribution >= 0.6 is 19.6 Å². The first kappa shape index (κ1) is 78.1. The molecule has 0 aromatic rings. The van der Waals surface area contributed by atoms with E-state index in [1.807, 2.05) is 0 Å². The molecule has 3 unspecified atom stereocenters. The van der Waals surface area contributed by atoms with E-state index in [2.05, 4.69) is 24.5 Å². The molecular formula is C60H109N3NaO14PS. The van der Waals surface area contributed by atoms with Crippen molar-refractivity contribution < 1.29 is 95.8 Å². The van der Waals surface area contributed by atoms with Gasteiger partial charge in [-0.25, -0.2) is 0 Å². The van der Waals surface area contributed by atoms with Crippen LogP contribution in [0, 0.1) is 0 Å². The Bertz CT molecular complexity index is 1730. The summed E-state index contributed by atoms with van der Waals surface area (Å²) in [4.78, 5) is 101. The van der Waals surface area contributed by atoms with Crippen LogP contribution in [-0.2, 0) is 61.4 Å². The van der Waals surface area contributed by atoms with Crippen molar-refractivity contribution in [2.24, 2.45) is 0 Å². The van der Waals surface area contributed by atoms with Crippen molar-refractivity contribution >= 4 is 61.4 Å². The number of hydrogen-bond acceptors (Lipinski definition) is 15. The number of esters is 2. The topological polar surface area (TPSA) is 233 Å². The number of nitrogens with zero attached hydrogens (tertiary/aromatic N) is 1. The fraction of sp³-hybridized carbons (Fsp3) is 0.883. The van der Waals surface area contributed by atoms with Gasteiger partial charge in [0.2, 0.25) is 23.6 Å². The van der Waals surface area contributed by atoms with Crippen LogP contribution in [0.2, 0.25) is 0 Å². The Morgan fingerprint density at radius 2 is 1.12 bits per heavy atom. The molecule has 460 valence electrons. The predicted octanol–water partition coefficient (Wildman–Crippen LogP) is 9.51. The molecule has 0 aromatic carbocycles. The summed E-state index contributed by atoms with van der Waals surface area (Å²) in [6.45, 7) is 10.1. The molecule has 1 saturated heterocycles. The Morgan fingerprint density at radius 3 is 1.60 bits per heavy atom. The number of hydrogen-bond donors (Lipinski definition) is 2. The Kier molecular flexibility index (Phi) is 48.2. The molecule has 0 aromatic heterocycles. The van der Waals surface area contributed by atoms with Gasteiger partial charge in [-0.05, 0) is 47.0 Å². The van der Waals surface area contributed by atoms with Crippen LogP contribution in [-0.4, -0.2) is 115 Å². The number of nitrogens with one attached hydrogen (secondary N) is 2. The molecule has 0 aliphatic carbocycles. The van der Waals surface area contributed by atoms with Gasteiger partial charge in [0.15, 0.2) is 6.10 Å². The zero-order valence-corrected chi connectivity index (χ0v) is 54.9. The summed E-state index contributed by atoms with van der Waals surface area (Å²) in [5, 5.41) is 4.89. The fourth-order valence-electron chi connectivity index (χ4n) is 9.43. The number of rotatable bonds is 55. The Balaban J connectivity index is 0.0000624. The van der Waals surface area contributed by atoms with Gasteiger partial charge in [0.1, 0.15) is 12.9 Å². The molecule has 1 heterocycles. The Morgan fingerprint density at radius 1 is 0.662 bits per heavy atom. The average molecular weight is 1180 g/mol. The van der Waals surface area contributed by atoms with Gasteiger partial charge in [-0.1, -0.05) is 194 Å². The molecular weight excluding hydrogens is 1070 g/mol. The third-order valence-electron chi connectivity index (χ3n) is 14.2. The molecule has 0 spiro atoms. The number of likely N-dealkylation sites (tertiary alicyclic amines) is 1. The summed E-state index contributed by atoms with van der Waals surface area (Å²) in [5.41, 5.74) is -1.64. The smallest absolute Gasteiger partial charge is 0.756 e. The fourth-order valence-corrected chi connectivity index (χ4v) is 11.0. The normalized spacial score (nSPS) is 14.8. The standard InChI is InChI=1S/C60H110N3O14PS.Na/c1-7-9-11-13-15-17-19-21-23-25-27-29-31-33-35-37-56(68)73-49-51(77-57(69)38-36-34-32-30-28-26-24-22-20-18-16-14-12-10-8-2)50-76-78(71,72)75-45-41-61-54(66)48-60(5,6)74-44-40-59(3,4)62-53(65)39-42-63-55(67)47-52(58(63)70)79-46-43-64;/h43,51-52H,7-42,44-50H2,1-6H3,(H,61,66)(H,62,65)(H,71,72);/q;+1/p-1. The molecule has 1 rings (SSSR count). The molecule has 1 aliphatic rings. The van der Waals surface area contributed by atoms with E-state index in [1.54, 1.807) is 27.7 Å². The van der Waals surface area contributed by atoms with Crippen molar-refractivity contribution in [2.75, 3.05) is 45.3 Å². The van der Waals surface area contributed by atoms with Gasteiger partial charge in [0, 0.05) is 56.7 Å². The minimum atomic E-state index is -4.93. The van der Waals surface area contributed by atoms with Gasteiger partial charge in [-0.3, -0.25) is 38.2 Å². The Hall–Kier alpha value is -1.89. The summed E-state index contributed by atoms with van der Waals surface area (Å²) in [7, 11) is -4.93. The van der Waals surface area contributed by atoms with Crippen LogP contribution in [0.4, 0.5) is 0 Å². The van der Waals surface area contributed by atoms with Crippen LogP contribution in [0.5, 0.6) is 0 Å². The molecule has 4 amide bonds. The van der Waals surface area contributed by atoms with Crippen LogP contribution in [0.15, 0.2) is 0 Å². The van der Waals surface area contributed by atoms with E-state index in [4.69, 9.17) is 23.3 Å². The molecule has 2 N–H and O–H groups in total. The van der Waals surface area contributed by atoms with E-state index >= 15 is 0 Å². The molecule has 17 nitrogen and oxygen atoms in total. The second kappa shape index (κ2) is 49.4. The van der Waals surface area contributed by atoms with E-state index in [9.17, 15) is 43.0 Å². The van der Waals surface area contributed by atoms with E-state index in [-0.39, 0.29) is 106 Å². The number of amides is 4. The van der Waals surface area contributed by atoms with Gasteiger partial charge < -0.3 is 43.6 Å². The van der Waals surface area contributed by atoms with E-state index < -0.39 is 67.3 Å². The largest absolute Gasteiger partial charge is 1.00 e. The molecule has 3 atom stereocenters. The number of ether oxygens (including phenoxy) is 3. The molecule has 1 fully saturated rings. The van der Waals surface area contributed by atoms with Crippen LogP contribution in [0.3, 0.4) is 0 Å². The quantitative estimate of drug-likeness (QED) is 0.0144. The molecule has 1 aliphatic heterocycles. The average Bonchev–Trinajstić information content (AvgIpc) is 3.66. The number of aldehydes is 1. The number of carbonyl (C=O) groups excluding carboxylic acids is 7. The maximum atomic E-state index is 12.9. The minimum Gasteiger partial charge on any atom is -0.756 e. The van der Waals surface area contributed by atoms with Crippen LogP contribution in [0.25, 0.3) is 0 Å². The van der Waals surface area contributed by atoms with Crippen molar-refractivity contribution in [3.8, 4) is 0 Å². The first-order valence-corrected chi connectivity index (χ1v) is 33.4. The monoisotopic (exact) mass is 1180 g/mol. The third-order valence-corrected chi connectivity index (χ3v) is 16.3. The third kappa shape index (κ3) is 44.6. The van der Waals surface area contributed by atoms with Crippen molar-refractivity contribution in [1.82, 2.24) is 15.5 Å². The summed E-state index contributed by atoms with van der Waals surface area (Å²) >= 11 is 1.11. The van der Waals surface area contributed by atoms with Crippen molar-refractivity contribution in [1.29, 1.82) is 0 Å². The van der Waals surface area contributed by atoms with Crippen molar-refractivity contribution in [2.45, 2.75) is 295 Å². The molecule has 0 bridgehead atoms. The molecule has 0 saturated carbocycles. The van der Waals surface area contributed by atoms with E-state index in [0.29, 0.717) is 25.5 Å². The van der Waals surface area contributed by atoms with Gasteiger partial charge in [0.05, 0.1) is 30.5 Å². The maximum absolute atomic E-state index is 12.9. The zero-order valence-electron chi connectivity index (χ0n) is 51.2. The number of phosphoric acid groups is 1. The van der Waals surface area contributed by atoms with Gasteiger partial charge in [0.25, 0.3) is 7.82 Å². The van der Waals surface area contributed by atoms with E-state index in [0.717, 1.165) is 55.2 Å². The van der Waals surface area contributed by atoms with E-state index in [1.165, 1.54) is 141 Å². The summed E-state index contributed by atoms with van der Waals surface area (Å²) in [6.07, 6.45) is 36.2. The zero-order chi connectivity index (χ0) is 58.5. The van der Waals surface area contributed by atoms with Crippen molar-refractivity contribution in [3.05, 3.63) is 0 Å². The van der Waals surface area contributed by atoms with Gasteiger partial charge >= 0.3 is 41.5 Å². The summed E-state index contributed by atoms with van der Waals surface area (Å²) in [5.74, 6) is -2.42. The van der Waals surface area contributed by atoms with Gasteiger partial charge in [-0.15, -0.1) is 11.8 Å². The number of thioether (sulfide) groups is 1. The summed E-state index contributed by atoms with van der Waals surface area (Å²) < 4.78 is 39.9. The van der Waals surface area contributed by atoms with Gasteiger partial charge in [-0.2, -0.15) is 0 Å². The molecule has 20 heteroatoms. The minimum absolute atomic E-state index is 0. The number of carbonyl (C=O) groups is 7. The SMILES string of the molecule is CCCCCCCCCCCCCCCCCC(=O)OCC(COP(=O)([O-])OCCNC(=O)CC(C)(C)OCCC(C)(C)NC(=O)CCN1C(=O)CC(SCC=O)C1=O)OC(=O)CCCCCCCCCCCCCCCCC.[Na+]. The first-order valence-electron chi connectivity index (χ1n) is 30.9. The summed E-state index contributed by atoms with van der Waals surface area (Å²) in [6, 6.07) is 0. The van der Waals surface area contributed by atoms with Crippen LogP contribution < -0.4 is 45.1 Å². The second-order valence-corrected chi connectivity index (χ2v) is 25.6.